The van der Waals surface area contributed by atoms with E-state index in [0.717, 1.165) is 17.7 Å². The van der Waals surface area contributed by atoms with Crippen LogP contribution in [0.15, 0.2) is 39.7 Å². The first-order chi connectivity index (χ1) is 11.1. The Hall–Kier alpha value is -2.59. The van der Waals surface area contributed by atoms with Crippen LogP contribution in [0.3, 0.4) is 0 Å². The number of hydrogen-bond donors (Lipinski definition) is 1. The summed E-state index contributed by atoms with van der Waals surface area (Å²) in [5, 5.41) is 33.1. The molecule has 5 nitrogen and oxygen atoms in total. The highest BCUT2D eigenvalue weighted by atomic mass is 32.1. The van der Waals surface area contributed by atoms with Gasteiger partial charge in [0.2, 0.25) is 0 Å². The smallest absolute Gasteiger partial charge is 0.191 e. The quantitative estimate of drug-likeness (QED) is 0.853. The number of thiophene rings is 1. The van der Waals surface area contributed by atoms with Crippen molar-refractivity contribution in [2.45, 2.75) is 5.92 Å². The Morgan fingerprint density at radius 1 is 1.35 bits per heavy atom. The molecule has 0 saturated heterocycles. The molecule has 1 aliphatic carbocycles. The predicted octanol–water partition coefficient (Wildman–Crippen LogP) is 2.10. The van der Waals surface area contributed by atoms with Crippen LogP contribution in [0.1, 0.15) is 11.5 Å². The number of nitriles is 3. The number of hydrogen-bond acceptors (Lipinski definition) is 6. The van der Waals surface area contributed by atoms with Crippen molar-refractivity contribution in [2.24, 2.45) is 17.1 Å². The standard InChI is InChI=1S/C17H15N5S/c1-22-4-2-12-13(6-18)16(21)17(9-19,10-20)15(14(12)7-22)11-3-5-23-8-11/h2-3,5,8,14-15H,4,7,21H2,1H3/t14-,15+/m1/s1. The van der Waals surface area contributed by atoms with Gasteiger partial charge in [-0.15, -0.1) is 0 Å². The monoisotopic (exact) mass is 321 g/mol. The molecule has 0 unspecified atom stereocenters. The number of likely N-dealkylation sites (N-methyl/N-ethyl adjacent to an activating group) is 1. The molecule has 1 aromatic heterocycles. The molecule has 1 aliphatic heterocycles. The van der Waals surface area contributed by atoms with E-state index >= 15 is 0 Å². The molecule has 0 bridgehead atoms. The van der Waals surface area contributed by atoms with Crippen molar-refractivity contribution in [3.8, 4) is 18.2 Å². The molecule has 0 amide bonds. The minimum Gasteiger partial charge on any atom is -0.399 e. The molecule has 2 N–H and O–H groups in total. The topological polar surface area (TPSA) is 101 Å². The Morgan fingerprint density at radius 2 is 2.09 bits per heavy atom. The molecular weight excluding hydrogens is 306 g/mol. The predicted molar refractivity (Wildman–Crippen MR) is 86.6 cm³/mol. The van der Waals surface area contributed by atoms with E-state index in [4.69, 9.17) is 5.73 Å². The highest BCUT2D eigenvalue weighted by Crippen LogP contribution is 2.54. The molecule has 0 saturated carbocycles. The molecule has 2 atom stereocenters. The van der Waals surface area contributed by atoms with Gasteiger partial charge in [0.15, 0.2) is 5.41 Å². The first-order valence-corrected chi connectivity index (χ1v) is 8.17. The molecule has 0 radical (unpaired) electrons. The van der Waals surface area contributed by atoms with Gasteiger partial charge in [-0.1, -0.05) is 6.08 Å². The first-order valence-electron chi connectivity index (χ1n) is 7.23. The summed E-state index contributed by atoms with van der Waals surface area (Å²) in [6, 6.07) is 8.33. The van der Waals surface area contributed by atoms with Gasteiger partial charge in [0.05, 0.1) is 23.4 Å². The van der Waals surface area contributed by atoms with Crippen molar-refractivity contribution in [1.29, 1.82) is 15.8 Å². The maximum absolute atomic E-state index is 9.82. The minimum absolute atomic E-state index is 0.0910. The largest absolute Gasteiger partial charge is 0.399 e. The molecular formula is C17H15N5S. The zero-order valence-electron chi connectivity index (χ0n) is 12.7. The normalized spacial score (nSPS) is 26.4. The van der Waals surface area contributed by atoms with Gasteiger partial charge in [0.1, 0.15) is 6.07 Å². The van der Waals surface area contributed by atoms with Crippen LogP contribution in [0.5, 0.6) is 0 Å². The lowest BCUT2D eigenvalue weighted by Crippen LogP contribution is -2.47. The summed E-state index contributed by atoms with van der Waals surface area (Å²) in [5.74, 6) is -0.459. The summed E-state index contributed by atoms with van der Waals surface area (Å²) in [6.07, 6.45) is 2.00. The number of nitrogens with two attached hydrogens (primary N) is 1. The number of nitrogens with zero attached hydrogens (tertiary/aromatic N) is 4. The second-order valence-electron chi connectivity index (χ2n) is 5.95. The molecule has 0 fully saturated rings. The van der Waals surface area contributed by atoms with E-state index in [1.807, 2.05) is 30.0 Å². The number of rotatable bonds is 1. The van der Waals surface area contributed by atoms with E-state index in [0.29, 0.717) is 12.1 Å². The van der Waals surface area contributed by atoms with Crippen molar-refractivity contribution in [1.82, 2.24) is 4.90 Å². The maximum atomic E-state index is 9.82. The van der Waals surface area contributed by atoms with Crippen molar-refractivity contribution in [2.75, 3.05) is 20.1 Å². The van der Waals surface area contributed by atoms with Crippen LogP contribution in [0.2, 0.25) is 0 Å². The summed E-state index contributed by atoms with van der Waals surface area (Å²) in [6.45, 7) is 1.42. The second kappa shape index (κ2) is 5.56. The van der Waals surface area contributed by atoms with Gasteiger partial charge in [-0.2, -0.15) is 27.1 Å². The van der Waals surface area contributed by atoms with Gasteiger partial charge < -0.3 is 10.6 Å². The fourth-order valence-corrected chi connectivity index (χ4v) is 4.35. The molecule has 0 spiro atoms. The number of allylic oxidation sites excluding steroid dienone is 2. The lowest BCUT2D eigenvalue weighted by molar-refractivity contribution is 0.238. The Bertz CT molecular complexity index is 799. The summed E-state index contributed by atoms with van der Waals surface area (Å²) in [5.41, 5.74) is 6.89. The molecule has 6 heteroatoms. The Balaban J connectivity index is 2.33. The summed E-state index contributed by atoms with van der Waals surface area (Å²) in [7, 11) is 1.99. The van der Waals surface area contributed by atoms with Gasteiger partial charge in [-0.05, 0) is 35.0 Å². The van der Waals surface area contributed by atoms with Crippen LogP contribution in [-0.2, 0) is 0 Å². The average Bonchev–Trinajstić information content (AvgIpc) is 3.08. The highest BCUT2D eigenvalue weighted by molar-refractivity contribution is 7.08. The molecule has 23 heavy (non-hydrogen) atoms. The van der Waals surface area contributed by atoms with E-state index in [-0.39, 0.29) is 17.5 Å². The van der Waals surface area contributed by atoms with Crippen molar-refractivity contribution in [3.05, 3.63) is 45.3 Å². The summed E-state index contributed by atoms with van der Waals surface area (Å²) in [4.78, 5) is 2.13. The van der Waals surface area contributed by atoms with Crippen LogP contribution in [-0.4, -0.2) is 25.0 Å². The zero-order valence-corrected chi connectivity index (χ0v) is 13.5. The van der Waals surface area contributed by atoms with Gasteiger partial charge in [-0.25, -0.2) is 0 Å². The van der Waals surface area contributed by atoms with Crippen LogP contribution in [0.25, 0.3) is 0 Å². The number of fused-ring (bicyclic) bond motifs is 1. The van der Waals surface area contributed by atoms with E-state index in [9.17, 15) is 15.8 Å². The van der Waals surface area contributed by atoms with E-state index in [1.54, 1.807) is 0 Å². The Kier molecular flexibility index (Phi) is 3.70. The molecule has 0 aromatic carbocycles. The summed E-state index contributed by atoms with van der Waals surface area (Å²) < 4.78 is 0. The van der Waals surface area contributed by atoms with Crippen molar-refractivity contribution in [3.63, 3.8) is 0 Å². The fraction of sp³-hybridized carbons (Fsp3) is 0.353. The Labute approximate surface area is 139 Å². The second-order valence-corrected chi connectivity index (χ2v) is 6.73. The lowest BCUT2D eigenvalue weighted by atomic mass is 9.58. The average molecular weight is 321 g/mol. The Morgan fingerprint density at radius 3 is 2.65 bits per heavy atom. The van der Waals surface area contributed by atoms with E-state index in [1.165, 1.54) is 11.3 Å². The maximum Gasteiger partial charge on any atom is 0.191 e. The van der Waals surface area contributed by atoms with Gasteiger partial charge >= 0.3 is 0 Å². The SMILES string of the molecule is CN1CC=C2C(C#N)=C(N)C(C#N)(C#N)[C@@H](c3ccsc3)[C@@H]2C1. The minimum atomic E-state index is -1.51. The molecule has 114 valence electrons. The highest BCUT2D eigenvalue weighted by Gasteiger charge is 2.54. The van der Waals surface area contributed by atoms with Crippen LogP contribution < -0.4 is 5.73 Å². The third-order valence-corrected chi connectivity index (χ3v) is 5.45. The fourth-order valence-electron chi connectivity index (χ4n) is 3.65. The van der Waals surface area contributed by atoms with E-state index < -0.39 is 5.41 Å². The lowest BCUT2D eigenvalue weighted by Gasteiger charge is -2.44. The molecule has 3 rings (SSSR count). The van der Waals surface area contributed by atoms with Crippen molar-refractivity contribution < 1.29 is 0 Å². The molecule has 2 aliphatic rings. The van der Waals surface area contributed by atoms with Gasteiger partial charge in [-0.3, -0.25) is 0 Å². The third kappa shape index (κ3) is 2.06. The first kappa shape index (κ1) is 15.3. The zero-order chi connectivity index (χ0) is 16.6. The van der Waals surface area contributed by atoms with E-state index in [2.05, 4.69) is 23.1 Å². The third-order valence-electron chi connectivity index (χ3n) is 4.75. The van der Waals surface area contributed by atoms with Crippen molar-refractivity contribution >= 4 is 11.3 Å². The summed E-state index contributed by atoms with van der Waals surface area (Å²) >= 11 is 1.53. The van der Waals surface area contributed by atoms with Crippen LogP contribution in [0.4, 0.5) is 0 Å². The van der Waals surface area contributed by atoms with Crippen LogP contribution in [0, 0.1) is 45.3 Å². The van der Waals surface area contributed by atoms with Gasteiger partial charge in [0, 0.05) is 24.9 Å². The van der Waals surface area contributed by atoms with Gasteiger partial charge in [0.25, 0.3) is 0 Å². The van der Waals surface area contributed by atoms with Crippen LogP contribution >= 0.6 is 11.3 Å². The molecule has 2 heterocycles. The molecule has 1 aromatic rings.